The highest BCUT2D eigenvalue weighted by Gasteiger charge is 2.14. The summed E-state index contributed by atoms with van der Waals surface area (Å²) in [6.07, 6.45) is 8.99. The van der Waals surface area contributed by atoms with Gasteiger partial charge in [0.25, 0.3) is 0 Å². The molecule has 0 atom stereocenters. The lowest BCUT2D eigenvalue weighted by atomic mass is 9.85. The minimum absolute atomic E-state index is 0.109. The Kier molecular flexibility index (Phi) is 4.23. The normalized spacial score (nSPS) is 16.5. The van der Waals surface area contributed by atoms with Crippen LogP contribution in [0.2, 0.25) is 0 Å². The minimum Gasteiger partial charge on any atom is -0.207 e. The number of halogens is 2. The van der Waals surface area contributed by atoms with E-state index in [1.807, 2.05) is 12.1 Å². The zero-order valence-electron chi connectivity index (χ0n) is 12.6. The molecule has 2 aromatic rings. The molecule has 2 aromatic carbocycles. The fraction of sp³-hybridized carbons (Fsp3) is 0.474. The van der Waals surface area contributed by atoms with Crippen LogP contribution in [-0.4, -0.2) is 0 Å². The van der Waals surface area contributed by atoms with Crippen LogP contribution in [0.4, 0.5) is 8.78 Å². The Hall–Kier alpha value is -1.44. The van der Waals surface area contributed by atoms with Gasteiger partial charge in [-0.1, -0.05) is 50.3 Å². The second-order valence-corrected chi connectivity index (χ2v) is 6.40. The molecule has 2 heteroatoms. The first-order valence-electron chi connectivity index (χ1n) is 8.02. The van der Waals surface area contributed by atoms with Gasteiger partial charge >= 0.3 is 0 Å². The number of aryl methyl sites for hydroxylation is 1. The Bertz CT molecular complexity index is 640. The second-order valence-electron chi connectivity index (χ2n) is 6.40. The number of fused-ring (bicyclic) bond motifs is 1. The van der Waals surface area contributed by atoms with Crippen LogP contribution < -0.4 is 0 Å². The summed E-state index contributed by atoms with van der Waals surface area (Å²) >= 11 is 0. The molecule has 0 saturated heterocycles. The lowest BCUT2D eigenvalue weighted by Gasteiger charge is -2.21. The highest BCUT2D eigenvalue weighted by atomic mass is 19.1. The summed E-state index contributed by atoms with van der Waals surface area (Å²) < 4.78 is 27.7. The average molecular weight is 288 g/mol. The van der Waals surface area contributed by atoms with Crippen molar-refractivity contribution < 1.29 is 8.78 Å². The molecule has 0 aromatic heterocycles. The number of hydrogen-bond acceptors (Lipinski definition) is 0. The Morgan fingerprint density at radius 3 is 2.57 bits per heavy atom. The smallest absolute Gasteiger partial charge is 0.136 e. The third-order valence-electron chi connectivity index (χ3n) is 4.89. The summed E-state index contributed by atoms with van der Waals surface area (Å²) in [7, 11) is 0. The molecule has 0 unspecified atom stereocenters. The third kappa shape index (κ3) is 3.09. The van der Waals surface area contributed by atoms with Crippen LogP contribution in [0.3, 0.4) is 0 Å². The topological polar surface area (TPSA) is 0 Å². The molecule has 1 fully saturated rings. The average Bonchev–Trinajstić information content (AvgIpc) is 2.51. The fourth-order valence-electron chi connectivity index (χ4n) is 3.49. The van der Waals surface area contributed by atoms with Crippen molar-refractivity contribution in [3.63, 3.8) is 0 Å². The molecule has 21 heavy (non-hydrogen) atoms. The number of rotatable bonds is 3. The van der Waals surface area contributed by atoms with E-state index in [0.717, 1.165) is 12.3 Å². The van der Waals surface area contributed by atoms with Crippen LogP contribution in [0.15, 0.2) is 24.3 Å². The van der Waals surface area contributed by atoms with Gasteiger partial charge in [0.1, 0.15) is 11.6 Å². The van der Waals surface area contributed by atoms with E-state index in [1.54, 1.807) is 6.07 Å². The third-order valence-corrected chi connectivity index (χ3v) is 4.89. The van der Waals surface area contributed by atoms with Crippen LogP contribution >= 0.6 is 0 Å². The Morgan fingerprint density at radius 2 is 1.81 bits per heavy atom. The molecular weight excluding hydrogens is 266 g/mol. The van der Waals surface area contributed by atoms with E-state index in [-0.39, 0.29) is 5.56 Å². The van der Waals surface area contributed by atoms with Crippen LogP contribution in [0.1, 0.15) is 49.7 Å². The predicted octanol–water partition coefficient (Wildman–Crippen LogP) is 5.94. The van der Waals surface area contributed by atoms with Crippen molar-refractivity contribution in [1.82, 2.24) is 0 Å². The molecule has 3 rings (SSSR count). The summed E-state index contributed by atoms with van der Waals surface area (Å²) in [6, 6.07) is 7.19. The zero-order valence-corrected chi connectivity index (χ0v) is 12.6. The van der Waals surface area contributed by atoms with Gasteiger partial charge in [0.15, 0.2) is 0 Å². The number of hydrogen-bond donors (Lipinski definition) is 0. The first kappa shape index (κ1) is 14.5. The molecular formula is C19H22F2. The lowest BCUT2D eigenvalue weighted by molar-refractivity contribution is 0.339. The first-order valence-corrected chi connectivity index (χ1v) is 8.02. The summed E-state index contributed by atoms with van der Waals surface area (Å²) in [5.41, 5.74) is 1.30. The van der Waals surface area contributed by atoms with Gasteiger partial charge < -0.3 is 0 Å². The quantitative estimate of drug-likeness (QED) is 0.655. The second kappa shape index (κ2) is 6.13. The van der Waals surface area contributed by atoms with Gasteiger partial charge in [0.05, 0.1) is 0 Å². The van der Waals surface area contributed by atoms with Crippen molar-refractivity contribution in [3.05, 3.63) is 47.0 Å². The first-order chi connectivity index (χ1) is 10.1. The highest BCUT2D eigenvalue weighted by Crippen LogP contribution is 2.29. The molecule has 1 saturated carbocycles. The van der Waals surface area contributed by atoms with Crippen LogP contribution in [0, 0.1) is 24.5 Å². The molecule has 1 aliphatic rings. The summed E-state index contributed by atoms with van der Waals surface area (Å²) in [5, 5.41) is 1.20. The van der Waals surface area contributed by atoms with Crippen molar-refractivity contribution in [3.8, 4) is 0 Å². The maximum absolute atomic E-state index is 14.0. The van der Waals surface area contributed by atoms with Crippen molar-refractivity contribution in [2.24, 2.45) is 5.92 Å². The van der Waals surface area contributed by atoms with Crippen molar-refractivity contribution in [2.45, 2.75) is 51.9 Å². The van der Waals surface area contributed by atoms with Gasteiger partial charge in [-0.05, 0) is 42.7 Å². The molecule has 0 N–H and O–H groups in total. The van der Waals surface area contributed by atoms with Crippen molar-refractivity contribution >= 4 is 10.8 Å². The zero-order chi connectivity index (χ0) is 14.8. The summed E-state index contributed by atoms with van der Waals surface area (Å²) in [6.45, 7) is 1.49. The van der Waals surface area contributed by atoms with Crippen LogP contribution in [0.5, 0.6) is 0 Å². The maximum Gasteiger partial charge on any atom is 0.136 e. The van der Waals surface area contributed by atoms with E-state index in [0.29, 0.717) is 10.8 Å². The molecule has 0 aliphatic heterocycles. The van der Waals surface area contributed by atoms with Gasteiger partial charge in [0, 0.05) is 10.9 Å². The van der Waals surface area contributed by atoms with Crippen LogP contribution in [0.25, 0.3) is 10.8 Å². The minimum atomic E-state index is -0.454. The van der Waals surface area contributed by atoms with Gasteiger partial charge in [-0.15, -0.1) is 0 Å². The van der Waals surface area contributed by atoms with Crippen molar-refractivity contribution in [1.29, 1.82) is 0 Å². The molecule has 0 bridgehead atoms. The molecule has 0 nitrogen and oxygen atoms in total. The van der Waals surface area contributed by atoms with E-state index in [1.165, 1.54) is 57.1 Å². The fourth-order valence-corrected chi connectivity index (χ4v) is 3.49. The van der Waals surface area contributed by atoms with E-state index in [9.17, 15) is 8.78 Å². The monoisotopic (exact) mass is 288 g/mol. The largest absolute Gasteiger partial charge is 0.207 e. The molecule has 0 spiro atoms. The molecule has 1 aliphatic carbocycles. The standard InChI is InChI=1S/C19H22F2/c1-13-18(20)12-16-11-15(9-10-17(16)19(13)21)8-7-14-5-3-2-4-6-14/h9-12,14H,2-8H2,1H3. The number of benzene rings is 2. The predicted molar refractivity (Wildman–Crippen MR) is 83.5 cm³/mol. The van der Waals surface area contributed by atoms with Gasteiger partial charge in [-0.2, -0.15) is 0 Å². The van der Waals surface area contributed by atoms with Gasteiger partial charge in [-0.25, -0.2) is 8.78 Å². The summed E-state index contributed by atoms with van der Waals surface area (Å²) in [4.78, 5) is 0. The van der Waals surface area contributed by atoms with E-state index in [2.05, 4.69) is 0 Å². The Morgan fingerprint density at radius 1 is 1.05 bits per heavy atom. The molecule has 0 heterocycles. The lowest BCUT2D eigenvalue weighted by Crippen LogP contribution is -2.07. The van der Waals surface area contributed by atoms with Crippen molar-refractivity contribution in [2.75, 3.05) is 0 Å². The maximum atomic E-state index is 14.0. The van der Waals surface area contributed by atoms with Gasteiger partial charge in [0.2, 0.25) is 0 Å². The van der Waals surface area contributed by atoms with Gasteiger partial charge in [-0.3, -0.25) is 0 Å². The Balaban J connectivity index is 1.79. The Labute approximate surface area is 125 Å². The summed E-state index contributed by atoms with van der Waals surface area (Å²) in [5.74, 6) is -0.0470. The van der Waals surface area contributed by atoms with E-state index in [4.69, 9.17) is 0 Å². The van der Waals surface area contributed by atoms with E-state index >= 15 is 0 Å². The molecule has 0 amide bonds. The molecule has 112 valence electrons. The molecule has 0 radical (unpaired) electrons. The van der Waals surface area contributed by atoms with E-state index < -0.39 is 11.6 Å². The van der Waals surface area contributed by atoms with Crippen LogP contribution in [-0.2, 0) is 6.42 Å². The highest BCUT2D eigenvalue weighted by molar-refractivity contribution is 5.84. The SMILES string of the molecule is Cc1c(F)cc2cc(CCC3CCCCC3)ccc2c1F.